The zero-order chi connectivity index (χ0) is 20.9. The second-order valence-electron chi connectivity index (χ2n) is 6.62. The summed E-state index contributed by atoms with van der Waals surface area (Å²) in [5.41, 5.74) is 0.854. The highest BCUT2D eigenvalue weighted by molar-refractivity contribution is 6.66. The van der Waals surface area contributed by atoms with Crippen molar-refractivity contribution in [2.24, 2.45) is 0 Å². The van der Waals surface area contributed by atoms with E-state index >= 15 is 0 Å². The third-order valence-corrected chi connectivity index (χ3v) is 7.70. The smallest absolute Gasteiger partial charge is 0.520 e. The maximum Gasteiger partial charge on any atom is 0.708 e. The van der Waals surface area contributed by atoms with Gasteiger partial charge in [0.15, 0.2) is 0 Å². The lowest BCUT2D eigenvalue weighted by molar-refractivity contribution is -0.147. The highest BCUT2D eigenvalue weighted by Gasteiger charge is 2.51. The van der Waals surface area contributed by atoms with Crippen molar-refractivity contribution in [1.82, 2.24) is 0 Å². The average molecular weight is 429 g/mol. The number of benzene rings is 1. The summed E-state index contributed by atoms with van der Waals surface area (Å²) in [6.45, 7) is 7.78. The molecule has 0 aliphatic carbocycles. The Labute approximate surface area is 165 Å². The lowest BCUT2D eigenvalue weighted by atomic mass is 10.2. The lowest BCUT2D eigenvalue weighted by Gasteiger charge is -2.30. The quantitative estimate of drug-likeness (QED) is 0.605. The molecule has 11 heteroatoms. The van der Waals surface area contributed by atoms with E-state index in [1.54, 1.807) is 18.2 Å². The van der Waals surface area contributed by atoms with Gasteiger partial charge in [-0.05, 0) is 31.3 Å². The molecule has 1 aliphatic rings. The molecule has 0 aromatic heterocycles. The van der Waals surface area contributed by atoms with Crippen LogP contribution in [0.1, 0.15) is 26.3 Å². The molecule has 0 fully saturated rings. The molecule has 154 valence electrons. The van der Waals surface area contributed by atoms with Crippen molar-refractivity contribution in [3.8, 4) is 11.5 Å². The number of carbonyl (C=O) groups excluding carboxylic acids is 3. The van der Waals surface area contributed by atoms with Gasteiger partial charge in [0, 0.05) is 26.3 Å². The van der Waals surface area contributed by atoms with Gasteiger partial charge in [-0.15, -0.1) is 0 Å². The van der Waals surface area contributed by atoms with Crippen LogP contribution in [0.25, 0.3) is 0 Å². The number of hydrogen-bond acceptors (Lipinski definition) is 9. The van der Waals surface area contributed by atoms with Crippen LogP contribution in [-0.4, -0.2) is 41.9 Å². The zero-order valence-corrected chi connectivity index (χ0v) is 18.5. The molecule has 1 aliphatic heterocycles. The molecule has 1 aromatic rings. The Morgan fingerprint density at radius 2 is 1.61 bits per heavy atom. The van der Waals surface area contributed by atoms with Gasteiger partial charge in [-0.1, -0.05) is 0 Å². The van der Waals surface area contributed by atoms with Crippen LogP contribution in [-0.2, 0) is 38.7 Å². The van der Waals surface area contributed by atoms with Crippen molar-refractivity contribution in [3.05, 3.63) is 23.8 Å². The molecule has 28 heavy (non-hydrogen) atoms. The SMILES string of the molecule is CC(=O)O[Si](CCOc1ccc2c(c1)CO[Si](C)(C)O2)(OC(C)=O)OC(C)=O. The topological polar surface area (TPSA) is 107 Å². The minimum atomic E-state index is -3.90. The van der Waals surface area contributed by atoms with Crippen molar-refractivity contribution in [2.75, 3.05) is 6.61 Å². The van der Waals surface area contributed by atoms with Gasteiger partial charge in [-0.25, -0.2) is 0 Å². The predicted octanol–water partition coefficient (Wildman–Crippen LogP) is 2.30. The average Bonchev–Trinajstić information content (AvgIpc) is 2.52. The highest BCUT2D eigenvalue weighted by atomic mass is 28.4. The molecule has 1 aromatic carbocycles. The molecule has 2 rings (SSSR count). The van der Waals surface area contributed by atoms with Gasteiger partial charge in [0.1, 0.15) is 11.5 Å². The van der Waals surface area contributed by atoms with E-state index in [0.29, 0.717) is 12.4 Å². The first-order valence-electron chi connectivity index (χ1n) is 8.68. The normalized spacial score (nSPS) is 14.9. The second-order valence-corrected chi connectivity index (χ2v) is 12.4. The summed E-state index contributed by atoms with van der Waals surface area (Å²) in [5, 5.41) is 0. The summed E-state index contributed by atoms with van der Waals surface area (Å²) in [5.74, 6) is -0.862. The van der Waals surface area contributed by atoms with Crippen LogP contribution in [0.2, 0.25) is 19.1 Å². The van der Waals surface area contributed by atoms with E-state index in [0.717, 1.165) is 32.1 Å². The van der Waals surface area contributed by atoms with Crippen molar-refractivity contribution in [2.45, 2.75) is 46.5 Å². The van der Waals surface area contributed by atoms with Crippen molar-refractivity contribution in [1.29, 1.82) is 0 Å². The fourth-order valence-corrected chi connectivity index (χ4v) is 5.96. The number of fused-ring (bicyclic) bond motifs is 1. The van der Waals surface area contributed by atoms with Gasteiger partial charge in [-0.3, -0.25) is 14.4 Å². The first-order chi connectivity index (χ1) is 13.0. The van der Waals surface area contributed by atoms with Gasteiger partial charge < -0.3 is 26.9 Å². The maximum atomic E-state index is 11.4. The summed E-state index contributed by atoms with van der Waals surface area (Å²) in [7, 11) is -6.04. The molecule has 0 N–H and O–H groups in total. The Bertz CT molecular complexity index is 722. The Morgan fingerprint density at radius 1 is 1.04 bits per heavy atom. The molecular formula is C17H24O9Si2. The third kappa shape index (κ3) is 6.35. The van der Waals surface area contributed by atoms with Gasteiger partial charge >= 0.3 is 17.4 Å². The largest absolute Gasteiger partial charge is 0.708 e. The fraction of sp³-hybridized carbons (Fsp3) is 0.471. The molecule has 0 bridgehead atoms. The van der Waals surface area contributed by atoms with Crippen LogP contribution in [0.4, 0.5) is 0 Å². The van der Waals surface area contributed by atoms with Crippen LogP contribution >= 0.6 is 0 Å². The monoisotopic (exact) mass is 428 g/mol. The van der Waals surface area contributed by atoms with E-state index in [4.69, 9.17) is 26.9 Å². The fourth-order valence-electron chi connectivity index (χ4n) is 2.57. The Morgan fingerprint density at radius 3 is 2.14 bits per heavy atom. The van der Waals surface area contributed by atoms with Crippen LogP contribution in [0, 0.1) is 0 Å². The van der Waals surface area contributed by atoms with Crippen molar-refractivity contribution in [3.63, 3.8) is 0 Å². The summed E-state index contributed by atoms with van der Waals surface area (Å²) in [4.78, 5) is 34.3. The molecule has 9 nitrogen and oxygen atoms in total. The molecule has 0 unspecified atom stereocenters. The van der Waals surface area contributed by atoms with E-state index in [2.05, 4.69) is 0 Å². The summed E-state index contributed by atoms with van der Waals surface area (Å²) >= 11 is 0. The summed E-state index contributed by atoms with van der Waals surface area (Å²) in [6.07, 6.45) is 0. The minimum absolute atomic E-state index is 0.000800. The Hall–Kier alpha value is -2.38. The molecular weight excluding hydrogens is 404 g/mol. The molecule has 0 saturated heterocycles. The Balaban J connectivity index is 2.07. The third-order valence-electron chi connectivity index (χ3n) is 3.54. The van der Waals surface area contributed by atoms with E-state index < -0.39 is 35.3 Å². The minimum Gasteiger partial charge on any atom is -0.520 e. The first-order valence-corrected chi connectivity index (χ1v) is 13.4. The van der Waals surface area contributed by atoms with Crippen LogP contribution in [0.15, 0.2) is 18.2 Å². The zero-order valence-electron chi connectivity index (χ0n) is 16.5. The van der Waals surface area contributed by atoms with Crippen molar-refractivity contribution < 1.29 is 41.3 Å². The van der Waals surface area contributed by atoms with E-state index in [1.807, 2.05) is 13.1 Å². The molecule has 0 radical (unpaired) electrons. The molecule has 0 saturated carbocycles. The molecule has 0 spiro atoms. The van der Waals surface area contributed by atoms with E-state index in [-0.39, 0.29) is 12.7 Å². The standard InChI is InChI=1S/C17H24O9Si2/c1-12(18)23-28(24-13(2)19,25-14(3)20)9-8-21-16-6-7-17-15(10-16)11-22-27(4,5)26-17/h6-7,10H,8-9,11H2,1-5H3. The van der Waals surface area contributed by atoms with Gasteiger partial charge in [0.05, 0.1) is 19.3 Å². The maximum absolute atomic E-state index is 11.4. The molecule has 1 heterocycles. The molecule has 0 amide bonds. The van der Waals surface area contributed by atoms with E-state index in [9.17, 15) is 14.4 Å². The number of carbonyl (C=O) groups is 3. The predicted molar refractivity (Wildman–Crippen MR) is 101 cm³/mol. The van der Waals surface area contributed by atoms with Gasteiger partial charge in [0.25, 0.3) is 17.9 Å². The number of hydrogen-bond donors (Lipinski definition) is 0. The van der Waals surface area contributed by atoms with Crippen molar-refractivity contribution >= 4 is 35.3 Å². The molecule has 0 atom stereocenters. The second kappa shape index (κ2) is 8.75. The number of rotatable bonds is 7. The first kappa shape index (κ1) is 21.9. The number of ether oxygens (including phenoxy) is 1. The van der Waals surface area contributed by atoms with E-state index in [1.165, 1.54) is 0 Å². The van der Waals surface area contributed by atoms with Gasteiger partial charge in [-0.2, -0.15) is 0 Å². The Kier molecular flexibility index (Phi) is 6.85. The highest BCUT2D eigenvalue weighted by Crippen LogP contribution is 2.32. The van der Waals surface area contributed by atoms with Gasteiger partial charge in [0.2, 0.25) is 0 Å². The van der Waals surface area contributed by atoms with Crippen LogP contribution < -0.4 is 9.16 Å². The van der Waals surface area contributed by atoms with Crippen LogP contribution in [0.5, 0.6) is 11.5 Å². The summed E-state index contributed by atoms with van der Waals surface area (Å²) in [6, 6.07) is 5.25. The lowest BCUT2D eigenvalue weighted by Crippen LogP contribution is -2.50. The van der Waals surface area contributed by atoms with Crippen LogP contribution in [0.3, 0.4) is 0 Å². The summed E-state index contributed by atoms with van der Waals surface area (Å²) < 4.78 is 32.6.